The van der Waals surface area contributed by atoms with Crippen molar-refractivity contribution in [1.82, 2.24) is 20.2 Å². The normalized spacial score (nSPS) is 11.9. The van der Waals surface area contributed by atoms with E-state index in [2.05, 4.69) is 73.8 Å². The van der Waals surface area contributed by atoms with Crippen molar-refractivity contribution in [3.63, 3.8) is 0 Å². The third kappa shape index (κ3) is 7.10. The summed E-state index contributed by atoms with van der Waals surface area (Å²) in [6.07, 6.45) is 1.58. The Labute approximate surface area is 234 Å². The topological polar surface area (TPSA) is 93.4 Å². The van der Waals surface area contributed by atoms with E-state index < -0.39 is 5.25 Å². The van der Waals surface area contributed by atoms with E-state index >= 15 is 0 Å². The lowest BCUT2D eigenvalue weighted by Crippen LogP contribution is -2.27. The van der Waals surface area contributed by atoms with Crippen LogP contribution in [0, 0.1) is 10.5 Å². The maximum atomic E-state index is 12.8. The van der Waals surface area contributed by atoms with Gasteiger partial charge in [0, 0.05) is 14.9 Å². The van der Waals surface area contributed by atoms with E-state index in [-0.39, 0.29) is 5.91 Å². The molecular formula is C27H27IN6O2S. The lowest BCUT2D eigenvalue weighted by atomic mass is 10.2. The maximum Gasteiger partial charge on any atom is 0.253 e. The SMILES string of the molecule is COc1cccc(/C=N/NC(=O)C(C)Sc2nnc(CNc3ccc(I)cc3C)n2-c2ccccc2)c1. The molecule has 2 N–H and O–H groups in total. The average molecular weight is 627 g/mol. The van der Waals surface area contributed by atoms with Crippen LogP contribution in [0.5, 0.6) is 5.75 Å². The number of hydrogen-bond acceptors (Lipinski definition) is 7. The van der Waals surface area contributed by atoms with Gasteiger partial charge in [-0.05, 0) is 90.0 Å². The van der Waals surface area contributed by atoms with Crippen molar-refractivity contribution in [3.05, 3.63) is 93.3 Å². The van der Waals surface area contributed by atoms with Crippen molar-refractivity contribution >= 4 is 52.2 Å². The summed E-state index contributed by atoms with van der Waals surface area (Å²) < 4.78 is 8.38. The predicted molar refractivity (Wildman–Crippen MR) is 157 cm³/mol. The number of aromatic nitrogens is 3. The molecule has 0 fully saturated rings. The Hall–Kier alpha value is -3.38. The molecular weight excluding hydrogens is 599 g/mol. The number of hydrazone groups is 1. The van der Waals surface area contributed by atoms with Gasteiger partial charge in [0.2, 0.25) is 0 Å². The summed E-state index contributed by atoms with van der Waals surface area (Å²) >= 11 is 3.63. The fraction of sp³-hybridized carbons (Fsp3) is 0.185. The van der Waals surface area contributed by atoms with Crippen molar-refractivity contribution in [2.75, 3.05) is 12.4 Å². The summed E-state index contributed by atoms with van der Waals surface area (Å²) in [4.78, 5) is 12.8. The van der Waals surface area contributed by atoms with Crippen LogP contribution < -0.4 is 15.5 Å². The molecule has 3 aromatic carbocycles. The van der Waals surface area contributed by atoms with Crippen LogP contribution in [0.25, 0.3) is 5.69 Å². The number of halogens is 1. The number of methoxy groups -OCH3 is 1. The zero-order valence-electron chi connectivity index (χ0n) is 20.7. The van der Waals surface area contributed by atoms with Gasteiger partial charge >= 0.3 is 0 Å². The molecule has 0 aliphatic rings. The zero-order valence-corrected chi connectivity index (χ0v) is 23.7. The molecule has 1 amide bonds. The van der Waals surface area contributed by atoms with Gasteiger partial charge in [-0.3, -0.25) is 9.36 Å². The molecule has 4 rings (SSSR count). The summed E-state index contributed by atoms with van der Waals surface area (Å²) in [5.74, 6) is 1.23. The van der Waals surface area contributed by atoms with Gasteiger partial charge in [-0.15, -0.1) is 10.2 Å². The fourth-order valence-corrected chi connectivity index (χ4v) is 5.05. The van der Waals surface area contributed by atoms with Crippen molar-refractivity contribution in [2.45, 2.75) is 30.8 Å². The van der Waals surface area contributed by atoms with Crippen LogP contribution in [0.15, 0.2) is 83.1 Å². The third-order valence-electron chi connectivity index (χ3n) is 5.47. The quantitative estimate of drug-likeness (QED) is 0.106. The molecule has 190 valence electrons. The molecule has 0 aliphatic carbocycles. The lowest BCUT2D eigenvalue weighted by Gasteiger charge is -2.14. The van der Waals surface area contributed by atoms with E-state index in [4.69, 9.17) is 4.74 Å². The van der Waals surface area contributed by atoms with Gasteiger partial charge in [-0.25, -0.2) is 5.43 Å². The highest BCUT2D eigenvalue weighted by Crippen LogP contribution is 2.27. The summed E-state index contributed by atoms with van der Waals surface area (Å²) in [5, 5.41) is 16.6. The Balaban J connectivity index is 1.47. The molecule has 0 radical (unpaired) electrons. The van der Waals surface area contributed by atoms with Gasteiger partial charge in [0.1, 0.15) is 5.75 Å². The molecule has 1 atom stereocenters. The van der Waals surface area contributed by atoms with Gasteiger partial charge < -0.3 is 10.1 Å². The van der Waals surface area contributed by atoms with Crippen molar-refractivity contribution in [3.8, 4) is 11.4 Å². The van der Waals surface area contributed by atoms with E-state index in [1.165, 1.54) is 15.3 Å². The van der Waals surface area contributed by atoms with E-state index in [9.17, 15) is 4.79 Å². The van der Waals surface area contributed by atoms with Gasteiger partial charge in [0.15, 0.2) is 11.0 Å². The molecule has 0 aliphatic heterocycles. The number of amides is 1. The first kappa shape index (κ1) is 26.7. The van der Waals surface area contributed by atoms with Crippen molar-refractivity contribution in [2.24, 2.45) is 5.10 Å². The van der Waals surface area contributed by atoms with Crippen LogP contribution in [0.3, 0.4) is 0 Å². The smallest absolute Gasteiger partial charge is 0.253 e. The Bertz CT molecular complexity index is 1390. The summed E-state index contributed by atoms with van der Waals surface area (Å²) in [6.45, 7) is 4.37. The predicted octanol–water partition coefficient (Wildman–Crippen LogP) is 5.43. The number of aryl methyl sites for hydroxylation is 1. The highest BCUT2D eigenvalue weighted by Gasteiger charge is 2.21. The number of nitrogens with zero attached hydrogens (tertiary/aromatic N) is 4. The minimum Gasteiger partial charge on any atom is -0.497 e. The third-order valence-corrected chi connectivity index (χ3v) is 7.19. The van der Waals surface area contributed by atoms with Crippen molar-refractivity contribution < 1.29 is 9.53 Å². The summed E-state index contributed by atoms with van der Waals surface area (Å²) in [6, 6.07) is 23.6. The fourth-order valence-electron chi connectivity index (χ4n) is 3.52. The first-order valence-corrected chi connectivity index (χ1v) is 13.5. The molecule has 1 unspecified atom stereocenters. The number of benzene rings is 3. The second-order valence-electron chi connectivity index (χ2n) is 8.15. The maximum absolute atomic E-state index is 12.8. The van der Waals surface area contributed by atoms with Crippen LogP contribution in [0.4, 0.5) is 5.69 Å². The van der Waals surface area contributed by atoms with Gasteiger partial charge in [-0.1, -0.05) is 42.1 Å². The first-order chi connectivity index (χ1) is 17.9. The number of thioether (sulfide) groups is 1. The second-order valence-corrected chi connectivity index (χ2v) is 10.7. The molecule has 8 nitrogen and oxygen atoms in total. The number of para-hydroxylation sites is 1. The van der Waals surface area contributed by atoms with Crippen LogP contribution in [-0.4, -0.2) is 39.2 Å². The molecule has 10 heteroatoms. The number of anilines is 1. The first-order valence-electron chi connectivity index (χ1n) is 11.6. The average Bonchev–Trinajstić information content (AvgIpc) is 3.30. The Morgan fingerprint density at radius 1 is 1.14 bits per heavy atom. The van der Waals surface area contributed by atoms with Gasteiger partial charge in [-0.2, -0.15) is 5.10 Å². The molecule has 0 bridgehead atoms. The van der Waals surface area contributed by atoms with E-state index in [1.54, 1.807) is 13.3 Å². The molecule has 4 aromatic rings. The van der Waals surface area contributed by atoms with E-state index in [1.807, 2.05) is 66.1 Å². The number of nitrogens with one attached hydrogen (secondary N) is 2. The van der Waals surface area contributed by atoms with Gasteiger partial charge in [0.05, 0.1) is 25.1 Å². The minimum atomic E-state index is -0.451. The van der Waals surface area contributed by atoms with Crippen LogP contribution in [0.1, 0.15) is 23.9 Å². The Morgan fingerprint density at radius 3 is 2.70 bits per heavy atom. The number of ether oxygens (including phenoxy) is 1. The summed E-state index contributed by atoms with van der Waals surface area (Å²) in [7, 11) is 1.61. The molecule has 0 saturated heterocycles. The van der Waals surface area contributed by atoms with Crippen molar-refractivity contribution in [1.29, 1.82) is 0 Å². The monoisotopic (exact) mass is 626 g/mol. The second kappa shape index (κ2) is 12.7. The Morgan fingerprint density at radius 2 is 1.95 bits per heavy atom. The standard InChI is InChI=1S/C27H27IN6O2S/c1-18-14-21(28)12-13-24(18)29-17-25-31-33-27(34(25)22-9-5-4-6-10-22)37-19(2)26(35)32-30-16-20-8-7-11-23(15-20)36-3/h4-16,19,29H,17H2,1-3H3,(H,32,35)/b30-16+. The molecule has 0 spiro atoms. The zero-order chi connectivity index (χ0) is 26.2. The van der Waals surface area contributed by atoms with Crippen LogP contribution in [0.2, 0.25) is 0 Å². The molecule has 1 aromatic heterocycles. The summed E-state index contributed by atoms with van der Waals surface area (Å²) in [5.41, 5.74) is 6.56. The number of carbonyl (C=O) groups is 1. The van der Waals surface area contributed by atoms with Gasteiger partial charge in [0.25, 0.3) is 5.91 Å². The number of rotatable bonds is 10. The molecule has 37 heavy (non-hydrogen) atoms. The van der Waals surface area contributed by atoms with Crippen LogP contribution in [-0.2, 0) is 11.3 Å². The number of hydrogen-bond donors (Lipinski definition) is 2. The largest absolute Gasteiger partial charge is 0.497 e. The Kier molecular flexibility index (Phi) is 9.18. The molecule has 1 heterocycles. The minimum absolute atomic E-state index is 0.235. The van der Waals surface area contributed by atoms with E-state index in [0.29, 0.717) is 11.7 Å². The molecule has 0 saturated carbocycles. The highest BCUT2D eigenvalue weighted by atomic mass is 127. The van der Waals surface area contributed by atoms with E-state index in [0.717, 1.165) is 34.1 Å². The number of carbonyl (C=O) groups excluding carboxylic acids is 1. The lowest BCUT2D eigenvalue weighted by molar-refractivity contribution is -0.120. The van der Waals surface area contributed by atoms with Crippen LogP contribution >= 0.6 is 34.4 Å². The highest BCUT2D eigenvalue weighted by molar-refractivity contribution is 14.1.